The van der Waals surface area contributed by atoms with Crippen molar-refractivity contribution in [3.8, 4) is 6.07 Å². The van der Waals surface area contributed by atoms with Crippen molar-refractivity contribution in [2.75, 3.05) is 19.0 Å². The van der Waals surface area contributed by atoms with Crippen LogP contribution in [0.3, 0.4) is 0 Å². The molecule has 2 atom stereocenters. The molecular formula is C32H55NO6S3. The van der Waals surface area contributed by atoms with Gasteiger partial charge in [0.2, 0.25) is 0 Å². The molecule has 42 heavy (non-hydrogen) atoms. The molecule has 0 aromatic carbocycles. The first kappa shape index (κ1) is 40.7. The zero-order valence-corrected chi connectivity index (χ0v) is 29.7. The lowest BCUT2D eigenvalue weighted by atomic mass is 9.57. The Hall–Kier alpha value is -1.31. The third kappa shape index (κ3) is 14.0. The number of ether oxygens (including phenoxy) is 2. The van der Waals surface area contributed by atoms with Gasteiger partial charge in [0.05, 0.1) is 30.1 Å². The predicted molar refractivity (Wildman–Crippen MR) is 179 cm³/mol. The molecule has 0 aliphatic heterocycles. The number of nitrogens with zero attached hydrogens (tertiary/aromatic N) is 1. The van der Waals surface area contributed by atoms with Gasteiger partial charge in [-0.15, -0.1) is 23.5 Å². The quantitative estimate of drug-likeness (QED) is 0.0695. The number of unbranched alkanes of at least 4 members (excludes halogenated alkanes) is 6. The molecule has 242 valence electrons. The summed E-state index contributed by atoms with van der Waals surface area (Å²) in [5, 5.41) is 20.5. The van der Waals surface area contributed by atoms with Gasteiger partial charge in [-0.05, 0) is 58.1 Å². The number of hydrogen-bond acceptors (Lipinski definition) is 9. The smallest absolute Gasteiger partial charge is 0.310 e. The summed E-state index contributed by atoms with van der Waals surface area (Å²) in [6.45, 7) is 15.6. The molecule has 10 heteroatoms. The molecule has 0 spiro atoms. The maximum Gasteiger partial charge on any atom is 0.310 e. The summed E-state index contributed by atoms with van der Waals surface area (Å²) < 4.78 is 10.5. The molecule has 0 aliphatic rings. The predicted octanol–water partition coefficient (Wildman–Crippen LogP) is 8.97. The van der Waals surface area contributed by atoms with E-state index < -0.39 is 32.9 Å². The number of rotatable bonds is 22. The van der Waals surface area contributed by atoms with Gasteiger partial charge >= 0.3 is 17.9 Å². The van der Waals surface area contributed by atoms with Crippen molar-refractivity contribution in [2.45, 2.75) is 137 Å². The highest BCUT2D eigenvalue weighted by atomic mass is 32.2. The third-order valence-electron chi connectivity index (χ3n) is 8.57. The van der Waals surface area contributed by atoms with E-state index in [1.54, 1.807) is 13.8 Å². The number of thioether (sulfide) groups is 2. The first-order valence-corrected chi connectivity index (χ1v) is 17.5. The highest BCUT2D eigenvalue weighted by Crippen LogP contribution is 2.55. The van der Waals surface area contributed by atoms with Crippen molar-refractivity contribution in [3.05, 3.63) is 0 Å². The Bertz CT molecular complexity index is 916. The lowest BCUT2D eigenvalue weighted by Crippen LogP contribution is -2.51. The van der Waals surface area contributed by atoms with Crippen molar-refractivity contribution in [2.24, 2.45) is 16.2 Å². The van der Waals surface area contributed by atoms with E-state index in [1.165, 1.54) is 49.2 Å². The van der Waals surface area contributed by atoms with E-state index in [0.717, 1.165) is 25.0 Å². The highest BCUT2D eigenvalue weighted by molar-refractivity contribution is 8.47. The fourth-order valence-electron chi connectivity index (χ4n) is 4.79. The van der Waals surface area contributed by atoms with E-state index in [2.05, 4.69) is 13.0 Å². The lowest BCUT2D eigenvalue weighted by Gasteiger charge is -2.48. The second-order valence-electron chi connectivity index (χ2n) is 12.6. The molecule has 7 nitrogen and oxygen atoms in total. The number of carboxylic acid groups (broad SMARTS) is 1. The van der Waals surface area contributed by atoms with Crippen LogP contribution in [0.15, 0.2) is 0 Å². The van der Waals surface area contributed by atoms with Gasteiger partial charge in [0.1, 0.15) is 3.53 Å². The van der Waals surface area contributed by atoms with Crippen LogP contribution in [0, 0.1) is 27.6 Å². The number of esters is 2. The van der Waals surface area contributed by atoms with Crippen LogP contribution in [0.2, 0.25) is 0 Å². The van der Waals surface area contributed by atoms with Crippen LogP contribution in [0.1, 0.15) is 132 Å². The first-order chi connectivity index (χ1) is 19.5. The number of carbonyl (C=O) groups excluding carboxylic acids is 2. The SMILES string of the molecule is CCCCCCCCCC(=O)OCCCOC(=O)CCC(C)(C#N)C(C)(C)CC(C)(C(=O)O)C(C)(C)SC(=S)SCC. The number of nitriles is 1. The minimum atomic E-state index is -1.19. The van der Waals surface area contributed by atoms with Gasteiger partial charge in [-0.2, -0.15) is 5.26 Å². The van der Waals surface area contributed by atoms with Crippen molar-refractivity contribution in [1.29, 1.82) is 5.26 Å². The molecule has 0 aromatic heterocycles. The van der Waals surface area contributed by atoms with E-state index in [0.29, 0.717) is 16.4 Å². The molecule has 2 unspecified atom stereocenters. The first-order valence-electron chi connectivity index (χ1n) is 15.3. The average Bonchev–Trinajstić information content (AvgIpc) is 2.90. The van der Waals surface area contributed by atoms with E-state index in [-0.39, 0.29) is 38.4 Å². The third-order valence-corrected chi connectivity index (χ3v) is 11.4. The van der Waals surface area contributed by atoms with Crippen molar-refractivity contribution in [1.82, 2.24) is 0 Å². The largest absolute Gasteiger partial charge is 0.481 e. The van der Waals surface area contributed by atoms with Crippen LogP contribution in [0.25, 0.3) is 0 Å². The molecule has 0 bridgehead atoms. The molecule has 0 saturated carbocycles. The van der Waals surface area contributed by atoms with Gasteiger partial charge in [-0.3, -0.25) is 14.4 Å². The lowest BCUT2D eigenvalue weighted by molar-refractivity contribution is -0.153. The van der Waals surface area contributed by atoms with Crippen LogP contribution in [0.5, 0.6) is 0 Å². The van der Waals surface area contributed by atoms with Gasteiger partial charge in [-0.1, -0.05) is 78.4 Å². The van der Waals surface area contributed by atoms with E-state index in [1.807, 2.05) is 34.6 Å². The summed E-state index contributed by atoms with van der Waals surface area (Å²) in [4.78, 5) is 37.0. The van der Waals surface area contributed by atoms with Crippen LogP contribution in [-0.2, 0) is 23.9 Å². The molecule has 0 aliphatic carbocycles. The average molecular weight is 646 g/mol. The van der Waals surface area contributed by atoms with Crippen molar-refractivity contribution < 1.29 is 29.0 Å². The summed E-state index contributed by atoms with van der Waals surface area (Å²) in [5.74, 6) is -0.784. The number of hydrogen-bond donors (Lipinski definition) is 1. The molecule has 0 aromatic rings. The molecule has 1 N–H and O–H groups in total. The summed E-state index contributed by atoms with van der Waals surface area (Å²) >= 11 is 8.37. The van der Waals surface area contributed by atoms with Gasteiger partial charge < -0.3 is 14.6 Å². The van der Waals surface area contributed by atoms with Gasteiger partial charge in [0.25, 0.3) is 0 Å². The highest BCUT2D eigenvalue weighted by Gasteiger charge is 2.55. The second kappa shape index (κ2) is 19.9. The monoisotopic (exact) mass is 645 g/mol. The number of thiocarbonyl (C=S) groups is 1. The maximum absolute atomic E-state index is 12.6. The Balaban J connectivity index is 4.81. The number of carboxylic acids is 1. The van der Waals surface area contributed by atoms with Crippen LogP contribution in [-0.4, -0.2) is 50.3 Å². The maximum atomic E-state index is 12.6. The van der Waals surface area contributed by atoms with Gasteiger partial charge in [0.15, 0.2) is 0 Å². The zero-order valence-electron chi connectivity index (χ0n) is 27.3. The zero-order chi connectivity index (χ0) is 32.5. The van der Waals surface area contributed by atoms with Crippen LogP contribution >= 0.6 is 35.7 Å². The normalized spacial score (nSPS) is 14.7. The number of aliphatic carboxylic acids is 1. The summed E-state index contributed by atoms with van der Waals surface area (Å²) in [6.07, 6.45) is 9.28. The van der Waals surface area contributed by atoms with E-state index in [4.69, 9.17) is 21.7 Å². The molecule has 0 radical (unpaired) electrons. The Labute approximate surface area is 269 Å². The summed E-state index contributed by atoms with van der Waals surface area (Å²) in [5.41, 5.74) is -2.91. The second-order valence-corrected chi connectivity index (χ2v) is 16.7. The minimum absolute atomic E-state index is 0.0324. The van der Waals surface area contributed by atoms with E-state index in [9.17, 15) is 24.8 Å². The molecule has 0 rings (SSSR count). The van der Waals surface area contributed by atoms with Crippen LogP contribution in [0.4, 0.5) is 0 Å². The van der Waals surface area contributed by atoms with Gasteiger partial charge in [-0.25, -0.2) is 0 Å². The molecule has 0 saturated heterocycles. The Kier molecular flexibility index (Phi) is 19.2. The molecule has 0 amide bonds. The fraction of sp³-hybridized carbons (Fsp3) is 0.844. The van der Waals surface area contributed by atoms with Crippen molar-refractivity contribution >= 4 is 57.2 Å². The summed E-state index contributed by atoms with van der Waals surface area (Å²) in [6, 6.07) is 2.38. The van der Waals surface area contributed by atoms with E-state index >= 15 is 0 Å². The standard InChI is InChI=1S/C32H55NO6S3/c1-9-11-12-13-14-15-16-18-25(34)38-21-17-22-39-26(35)19-20-31(7,24-33)29(3,4)23-32(8,27(36)37)30(5,6)42-28(40)41-10-2/h9-23H2,1-8H3,(H,36,37). The molecular weight excluding hydrogens is 591 g/mol. The number of carbonyl (C=O) groups is 3. The molecule has 0 heterocycles. The Morgan fingerprint density at radius 3 is 1.86 bits per heavy atom. The molecule has 0 fully saturated rings. The van der Waals surface area contributed by atoms with Crippen molar-refractivity contribution in [3.63, 3.8) is 0 Å². The van der Waals surface area contributed by atoms with Crippen LogP contribution < -0.4 is 0 Å². The topological polar surface area (TPSA) is 114 Å². The summed E-state index contributed by atoms with van der Waals surface area (Å²) in [7, 11) is 0. The fourth-order valence-corrected chi connectivity index (χ4v) is 8.02. The van der Waals surface area contributed by atoms with Gasteiger partial charge in [0, 0.05) is 24.0 Å². The minimum Gasteiger partial charge on any atom is -0.481 e. The Morgan fingerprint density at radius 1 is 0.833 bits per heavy atom. The Morgan fingerprint density at radius 2 is 1.36 bits per heavy atom.